The number of fused-ring (bicyclic) bond motifs is 2. The van der Waals surface area contributed by atoms with Crippen LogP contribution in [0.1, 0.15) is 65.2 Å². The van der Waals surface area contributed by atoms with Crippen molar-refractivity contribution >= 4 is 41.8 Å². The molecule has 1 aliphatic heterocycles. The summed E-state index contributed by atoms with van der Waals surface area (Å²) in [6, 6.07) is 0.760. The van der Waals surface area contributed by atoms with Crippen LogP contribution in [0.4, 0.5) is 0 Å². The fourth-order valence-corrected chi connectivity index (χ4v) is 5.35. The molecule has 0 aromatic rings. The number of amides is 2. The van der Waals surface area contributed by atoms with Gasteiger partial charge >= 0.3 is 0 Å². The Hall–Kier alpha value is -1.06. The molecule has 2 aliphatic carbocycles. The van der Waals surface area contributed by atoms with Gasteiger partial charge in [0.05, 0.1) is 0 Å². The third-order valence-electron chi connectivity index (χ3n) is 7.41. The van der Waals surface area contributed by atoms with Crippen molar-refractivity contribution < 1.29 is 9.59 Å². The number of piperidine rings is 1. The molecule has 3 fully saturated rings. The van der Waals surface area contributed by atoms with E-state index in [1.807, 2.05) is 4.90 Å². The molecule has 0 radical (unpaired) electrons. The van der Waals surface area contributed by atoms with Gasteiger partial charge in [-0.25, -0.2) is 4.99 Å². The fraction of sp³-hybridized carbons (Fsp3) is 0.870. The van der Waals surface area contributed by atoms with E-state index in [0.717, 1.165) is 56.6 Å². The van der Waals surface area contributed by atoms with Crippen LogP contribution < -0.4 is 10.6 Å². The fourth-order valence-electron chi connectivity index (χ4n) is 5.35. The van der Waals surface area contributed by atoms with Crippen molar-refractivity contribution in [2.24, 2.45) is 22.7 Å². The summed E-state index contributed by atoms with van der Waals surface area (Å²) in [5.74, 6) is 2.84. The molecule has 2 N–H and O–H groups in total. The molecule has 0 aromatic carbocycles. The van der Waals surface area contributed by atoms with Gasteiger partial charge in [-0.1, -0.05) is 20.3 Å². The second-order valence-electron chi connectivity index (χ2n) is 9.64. The Kier molecular flexibility index (Phi) is 10.4. The largest absolute Gasteiger partial charge is 0.354 e. The van der Waals surface area contributed by atoms with Gasteiger partial charge in [0.15, 0.2) is 5.96 Å². The van der Waals surface area contributed by atoms with Gasteiger partial charge in [0.1, 0.15) is 6.54 Å². The quantitative estimate of drug-likeness (QED) is 0.292. The number of guanidine groups is 1. The zero-order chi connectivity index (χ0) is 21.7. The molecule has 8 heteroatoms. The second-order valence-corrected chi connectivity index (χ2v) is 9.64. The van der Waals surface area contributed by atoms with E-state index in [1.54, 1.807) is 19.0 Å². The van der Waals surface area contributed by atoms with E-state index in [1.165, 1.54) is 25.7 Å². The van der Waals surface area contributed by atoms with E-state index in [2.05, 4.69) is 29.5 Å². The highest BCUT2D eigenvalue weighted by Crippen LogP contribution is 2.44. The first-order valence-electron chi connectivity index (χ1n) is 12.0. The summed E-state index contributed by atoms with van der Waals surface area (Å²) in [6.07, 6.45) is 8.90. The van der Waals surface area contributed by atoms with E-state index in [4.69, 9.17) is 0 Å². The maximum absolute atomic E-state index is 12.7. The summed E-state index contributed by atoms with van der Waals surface area (Å²) in [4.78, 5) is 33.0. The van der Waals surface area contributed by atoms with E-state index < -0.39 is 0 Å². The Morgan fingerprint density at radius 1 is 1.03 bits per heavy atom. The predicted octanol–water partition coefficient (Wildman–Crippen LogP) is 2.84. The van der Waals surface area contributed by atoms with Crippen molar-refractivity contribution in [2.75, 3.05) is 33.7 Å². The molecule has 7 nitrogen and oxygen atoms in total. The topological polar surface area (TPSA) is 77.0 Å². The van der Waals surface area contributed by atoms with Crippen LogP contribution in [-0.4, -0.2) is 73.4 Å². The summed E-state index contributed by atoms with van der Waals surface area (Å²) < 4.78 is 0. The molecule has 2 saturated carbocycles. The number of hydrogen-bond donors (Lipinski definition) is 2. The normalized spacial score (nSPS) is 26.0. The van der Waals surface area contributed by atoms with Crippen LogP contribution in [0.5, 0.6) is 0 Å². The highest BCUT2D eigenvalue weighted by molar-refractivity contribution is 14.0. The van der Waals surface area contributed by atoms with Crippen molar-refractivity contribution in [3.8, 4) is 0 Å². The standard InChI is InChI=1S/C23H41N5O2.HI/c1-5-17(6-2)22(30)28-11-9-19(10-12-28)25-23(24-15-21(29)27(3)4)26-20-14-16-7-8-18(20)13-16;/h16-20H,5-15H2,1-4H3,(H2,24,25,26);1H. The number of likely N-dealkylation sites (N-methyl/N-ethyl adjacent to an activating group) is 1. The highest BCUT2D eigenvalue weighted by Gasteiger charge is 2.40. The van der Waals surface area contributed by atoms with Crippen molar-refractivity contribution in [2.45, 2.75) is 77.3 Å². The zero-order valence-corrected chi connectivity index (χ0v) is 22.1. The monoisotopic (exact) mass is 547 g/mol. The molecule has 0 spiro atoms. The summed E-state index contributed by atoms with van der Waals surface area (Å²) in [5, 5.41) is 7.23. The third kappa shape index (κ3) is 6.96. The van der Waals surface area contributed by atoms with Gasteiger partial charge < -0.3 is 20.4 Å². The summed E-state index contributed by atoms with van der Waals surface area (Å²) in [5.41, 5.74) is 0. The van der Waals surface area contributed by atoms with Gasteiger partial charge in [-0.3, -0.25) is 9.59 Å². The van der Waals surface area contributed by atoms with Crippen molar-refractivity contribution in [3.63, 3.8) is 0 Å². The summed E-state index contributed by atoms with van der Waals surface area (Å²) in [7, 11) is 3.53. The Morgan fingerprint density at radius 2 is 1.71 bits per heavy atom. The lowest BCUT2D eigenvalue weighted by Crippen LogP contribution is -2.53. The first kappa shape index (κ1) is 26.2. The minimum atomic E-state index is 0. The van der Waals surface area contributed by atoms with Gasteiger partial charge in [0.2, 0.25) is 11.8 Å². The Labute approximate surface area is 205 Å². The molecule has 31 heavy (non-hydrogen) atoms. The van der Waals surface area contributed by atoms with Gasteiger partial charge in [-0.2, -0.15) is 0 Å². The molecule has 1 heterocycles. The SMILES string of the molecule is CCC(CC)C(=O)N1CCC(NC(=NCC(=O)N(C)C)NC2CC3CCC2C3)CC1.I. The van der Waals surface area contributed by atoms with E-state index in [0.29, 0.717) is 11.9 Å². The van der Waals surface area contributed by atoms with Gasteiger partial charge in [0, 0.05) is 45.2 Å². The van der Waals surface area contributed by atoms with E-state index >= 15 is 0 Å². The van der Waals surface area contributed by atoms with Crippen molar-refractivity contribution in [3.05, 3.63) is 0 Å². The second kappa shape index (κ2) is 12.3. The Morgan fingerprint density at radius 3 is 2.23 bits per heavy atom. The first-order valence-corrected chi connectivity index (χ1v) is 12.0. The minimum absolute atomic E-state index is 0. The zero-order valence-electron chi connectivity index (χ0n) is 19.7. The summed E-state index contributed by atoms with van der Waals surface area (Å²) in [6.45, 7) is 5.95. The molecule has 0 aromatic heterocycles. The average molecular weight is 548 g/mol. The Bertz CT molecular complexity index is 629. The lowest BCUT2D eigenvalue weighted by Gasteiger charge is -2.35. The van der Waals surface area contributed by atoms with Gasteiger partial charge in [-0.15, -0.1) is 24.0 Å². The molecule has 2 bridgehead atoms. The number of rotatable bonds is 7. The molecule has 2 amide bonds. The van der Waals surface area contributed by atoms with Crippen LogP contribution in [0.25, 0.3) is 0 Å². The van der Waals surface area contributed by atoms with Crippen LogP contribution in [-0.2, 0) is 9.59 Å². The molecule has 3 rings (SSSR count). The molecule has 3 aliphatic rings. The third-order valence-corrected chi connectivity index (χ3v) is 7.41. The molecular weight excluding hydrogens is 505 g/mol. The first-order chi connectivity index (χ1) is 14.4. The smallest absolute Gasteiger partial charge is 0.243 e. The average Bonchev–Trinajstić information content (AvgIpc) is 3.36. The van der Waals surface area contributed by atoms with E-state index in [-0.39, 0.29) is 48.4 Å². The van der Waals surface area contributed by atoms with Crippen LogP contribution >= 0.6 is 24.0 Å². The van der Waals surface area contributed by atoms with Crippen molar-refractivity contribution in [1.82, 2.24) is 20.4 Å². The number of halogens is 1. The number of carbonyl (C=O) groups is 2. The maximum atomic E-state index is 12.7. The van der Waals surface area contributed by atoms with Crippen LogP contribution in [0.15, 0.2) is 4.99 Å². The van der Waals surface area contributed by atoms with Crippen molar-refractivity contribution in [1.29, 1.82) is 0 Å². The van der Waals surface area contributed by atoms with Crippen LogP contribution in [0, 0.1) is 17.8 Å². The summed E-state index contributed by atoms with van der Waals surface area (Å²) >= 11 is 0. The Balaban J connectivity index is 0.00000341. The van der Waals surface area contributed by atoms with E-state index in [9.17, 15) is 9.59 Å². The molecule has 1 saturated heterocycles. The molecule has 178 valence electrons. The number of nitrogens with one attached hydrogen (secondary N) is 2. The van der Waals surface area contributed by atoms with Gasteiger partial charge in [-0.05, 0) is 56.8 Å². The maximum Gasteiger partial charge on any atom is 0.243 e. The number of nitrogens with zero attached hydrogens (tertiary/aromatic N) is 3. The number of aliphatic imine (C=N–C) groups is 1. The van der Waals surface area contributed by atoms with Gasteiger partial charge in [0.25, 0.3) is 0 Å². The number of carbonyl (C=O) groups excluding carboxylic acids is 2. The lowest BCUT2D eigenvalue weighted by molar-refractivity contribution is -0.136. The molecule has 3 unspecified atom stereocenters. The lowest BCUT2D eigenvalue weighted by atomic mass is 9.95. The minimum Gasteiger partial charge on any atom is -0.354 e. The number of likely N-dealkylation sites (tertiary alicyclic amines) is 1. The highest BCUT2D eigenvalue weighted by atomic mass is 127. The van der Waals surface area contributed by atoms with Crippen LogP contribution in [0.3, 0.4) is 0 Å². The van der Waals surface area contributed by atoms with Crippen LogP contribution in [0.2, 0.25) is 0 Å². The molecular formula is C23H42IN5O2. The molecule has 3 atom stereocenters. The number of hydrogen-bond acceptors (Lipinski definition) is 3. The predicted molar refractivity (Wildman–Crippen MR) is 136 cm³/mol.